The zero-order chi connectivity index (χ0) is 4.28. The van der Waals surface area contributed by atoms with E-state index in [2.05, 4.69) is 58.5 Å². The van der Waals surface area contributed by atoms with Gasteiger partial charge in [0.15, 0.2) is 0 Å². The van der Waals surface area contributed by atoms with Crippen LogP contribution in [0.4, 0.5) is 0 Å². The normalized spacial score (nSPS) is 9.60. The van der Waals surface area contributed by atoms with Crippen molar-refractivity contribution < 1.29 is 0 Å². The van der Waals surface area contributed by atoms with Crippen LogP contribution >= 0.6 is 45.2 Å². The summed E-state index contributed by atoms with van der Waals surface area (Å²) < 4.78 is 0.699. The number of hydrogen-bond acceptors (Lipinski definition) is 0. The molecule has 0 saturated carbocycles. The molecule has 0 unspecified atom stereocenters. The molecule has 1 radical (unpaired) electrons. The number of halogens is 2. The molecule has 0 saturated heterocycles. The molecule has 2 heteroatoms. The van der Waals surface area contributed by atoms with Crippen LogP contribution in [0.1, 0.15) is 6.92 Å². The molecule has 31 valence electrons. The first-order valence-corrected chi connectivity index (χ1v) is 3.84. The van der Waals surface area contributed by atoms with Crippen LogP contribution < -0.4 is 0 Å². The van der Waals surface area contributed by atoms with Gasteiger partial charge in [0.2, 0.25) is 0 Å². The van der Waals surface area contributed by atoms with E-state index < -0.39 is 0 Å². The lowest BCUT2D eigenvalue weighted by Gasteiger charge is -1.85. The van der Waals surface area contributed by atoms with E-state index in [0.717, 1.165) is 0 Å². The van der Waals surface area contributed by atoms with E-state index in [0.29, 0.717) is 1.93 Å². The van der Waals surface area contributed by atoms with E-state index in [1.54, 1.807) is 0 Å². The Labute approximate surface area is 60.0 Å². The van der Waals surface area contributed by atoms with Gasteiger partial charge in [0.05, 0.1) is 1.93 Å². The quantitative estimate of drug-likeness (QED) is 0.515. The van der Waals surface area contributed by atoms with Crippen molar-refractivity contribution in [1.29, 1.82) is 0 Å². The van der Waals surface area contributed by atoms with Crippen molar-refractivity contribution in [2.24, 2.45) is 0 Å². The topological polar surface area (TPSA) is 0 Å². The Balaban J connectivity index is 2.54. The maximum Gasteiger partial charge on any atom is 0.0655 e. The number of alkyl halides is 2. The summed E-state index contributed by atoms with van der Waals surface area (Å²) in [5, 5.41) is 0. The maximum atomic E-state index is 2.34. The monoisotopic (exact) mass is 295 g/mol. The van der Waals surface area contributed by atoms with Crippen molar-refractivity contribution >= 4 is 45.2 Å². The van der Waals surface area contributed by atoms with Crippen LogP contribution in [0.5, 0.6) is 0 Å². The highest BCUT2D eigenvalue weighted by atomic mass is 127. The van der Waals surface area contributed by atoms with E-state index in [1.807, 2.05) is 0 Å². The molecule has 0 aliphatic carbocycles. The lowest BCUT2D eigenvalue weighted by Crippen LogP contribution is -1.74. The maximum absolute atomic E-state index is 2.34. The first-order chi connectivity index (χ1) is 2.27. The third-order valence-corrected chi connectivity index (χ3v) is 1.69. The zero-order valence-corrected chi connectivity index (χ0v) is 7.23. The van der Waals surface area contributed by atoms with Gasteiger partial charge in [-0.05, 0) is 6.42 Å². The van der Waals surface area contributed by atoms with Crippen LogP contribution in [0.3, 0.4) is 0 Å². The minimum atomic E-state index is 0.699. The molecule has 0 aliphatic rings. The zero-order valence-electron chi connectivity index (χ0n) is 2.91. The van der Waals surface area contributed by atoms with E-state index in [1.165, 1.54) is 0 Å². The molecular weight excluding hydrogens is 290 g/mol. The summed E-state index contributed by atoms with van der Waals surface area (Å²) in [6.07, 6.45) is 2.14. The molecule has 0 atom stereocenters. The van der Waals surface area contributed by atoms with Crippen LogP contribution in [0, 0.1) is 6.42 Å². The second-order valence-corrected chi connectivity index (χ2v) is 5.74. The third-order valence-electron chi connectivity index (χ3n) is 0.252. The molecule has 0 aliphatic heterocycles. The summed E-state index contributed by atoms with van der Waals surface area (Å²) in [7, 11) is 0. The largest absolute Gasteiger partial charge is 0.0707 e. The molecule has 0 aromatic heterocycles. The molecular formula is C3H5I2. The highest BCUT2D eigenvalue weighted by Crippen LogP contribution is 2.10. The average Bonchev–Trinajstić information content (AvgIpc) is 1.38. The highest BCUT2D eigenvalue weighted by Gasteiger charge is 1.85. The fraction of sp³-hybridized carbons (Fsp3) is 0.667. The van der Waals surface area contributed by atoms with Gasteiger partial charge < -0.3 is 0 Å². The first-order valence-electron chi connectivity index (χ1n) is 1.35. The Hall–Kier alpha value is 1.46. The van der Waals surface area contributed by atoms with E-state index in [4.69, 9.17) is 0 Å². The van der Waals surface area contributed by atoms with Crippen molar-refractivity contribution in [2.45, 2.75) is 8.86 Å². The first kappa shape index (κ1) is 6.46. The van der Waals surface area contributed by atoms with Crippen LogP contribution in [0.2, 0.25) is 0 Å². The van der Waals surface area contributed by atoms with Crippen molar-refractivity contribution in [2.75, 3.05) is 0 Å². The third kappa shape index (κ3) is 5.46. The highest BCUT2D eigenvalue weighted by molar-refractivity contribution is 14.2. The van der Waals surface area contributed by atoms with Crippen LogP contribution in [0.25, 0.3) is 0 Å². The molecule has 0 fully saturated rings. The Bertz CT molecular complexity index is 18.9. The van der Waals surface area contributed by atoms with E-state index in [9.17, 15) is 0 Å². The van der Waals surface area contributed by atoms with Crippen molar-refractivity contribution in [3.8, 4) is 0 Å². The summed E-state index contributed by atoms with van der Waals surface area (Å²) >= 11 is 4.68. The predicted molar refractivity (Wildman–Crippen MR) is 41.8 cm³/mol. The van der Waals surface area contributed by atoms with E-state index >= 15 is 0 Å². The molecule has 0 nitrogen and oxygen atoms in total. The van der Waals surface area contributed by atoms with Gasteiger partial charge in [-0.3, -0.25) is 0 Å². The van der Waals surface area contributed by atoms with Gasteiger partial charge >= 0.3 is 0 Å². The lowest BCUT2D eigenvalue weighted by atomic mass is 10.6. The number of hydrogen-bond donors (Lipinski definition) is 0. The van der Waals surface area contributed by atoms with Gasteiger partial charge in [-0.15, -0.1) is 0 Å². The molecule has 5 heavy (non-hydrogen) atoms. The standard InChI is InChI=1S/C3H5I2/c1-2-3(4)5/h2-3H,1H3. The van der Waals surface area contributed by atoms with Crippen LogP contribution in [-0.2, 0) is 0 Å². The lowest BCUT2D eigenvalue weighted by molar-refractivity contribution is 1.43. The van der Waals surface area contributed by atoms with Gasteiger partial charge in [-0.2, -0.15) is 0 Å². The van der Waals surface area contributed by atoms with Crippen LogP contribution in [-0.4, -0.2) is 1.93 Å². The van der Waals surface area contributed by atoms with Crippen molar-refractivity contribution in [3.63, 3.8) is 0 Å². The molecule has 0 N–H and O–H groups in total. The molecule has 0 spiro atoms. The summed E-state index contributed by atoms with van der Waals surface area (Å²) in [5.41, 5.74) is 0. The van der Waals surface area contributed by atoms with Gasteiger partial charge in [-0.25, -0.2) is 0 Å². The Kier molecular flexibility index (Phi) is 4.71. The molecule has 0 aromatic carbocycles. The SMILES string of the molecule is C[CH]C(I)I. The second-order valence-electron chi connectivity index (χ2n) is 0.668. The van der Waals surface area contributed by atoms with Crippen molar-refractivity contribution in [1.82, 2.24) is 0 Å². The summed E-state index contributed by atoms with van der Waals surface area (Å²) in [4.78, 5) is 0. The fourth-order valence-electron chi connectivity index (χ4n) is 0. The van der Waals surface area contributed by atoms with Gasteiger partial charge in [0.1, 0.15) is 0 Å². The number of rotatable bonds is 1. The summed E-state index contributed by atoms with van der Waals surface area (Å²) in [6, 6.07) is 0. The van der Waals surface area contributed by atoms with Crippen LogP contribution in [0.15, 0.2) is 0 Å². The molecule has 0 heterocycles. The van der Waals surface area contributed by atoms with Gasteiger partial charge in [0, 0.05) is 0 Å². The van der Waals surface area contributed by atoms with E-state index in [-0.39, 0.29) is 0 Å². The molecule has 0 bridgehead atoms. The Morgan fingerprint density at radius 3 is 1.80 bits per heavy atom. The second kappa shape index (κ2) is 3.64. The average molecular weight is 295 g/mol. The van der Waals surface area contributed by atoms with Crippen molar-refractivity contribution in [3.05, 3.63) is 6.42 Å². The minimum Gasteiger partial charge on any atom is -0.0707 e. The van der Waals surface area contributed by atoms with Gasteiger partial charge in [-0.1, -0.05) is 52.1 Å². The smallest absolute Gasteiger partial charge is 0.0655 e. The summed E-state index contributed by atoms with van der Waals surface area (Å²) in [6.45, 7) is 2.06. The Morgan fingerprint density at radius 1 is 1.60 bits per heavy atom. The molecule has 0 amide bonds. The van der Waals surface area contributed by atoms with Gasteiger partial charge in [0.25, 0.3) is 0 Å². The molecule has 0 aromatic rings. The Morgan fingerprint density at radius 2 is 1.80 bits per heavy atom. The molecule has 0 rings (SSSR count). The fourth-order valence-corrected chi connectivity index (χ4v) is 0. The minimum absolute atomic E-state index is 0.699. The summed E-state index contributed by atoms with van der Waals surface area (Å²) in [5.74, 6) is 0. The predicted octanol–water partition coefficient (Wildman–Crippen LogP) is 2.41.